The van der Waals surface area contributed by atoms with E-state index in [0.717, 1.165) is 37.2 Å². The minimum Gasteiger partial charge on any atom is -0.338 e. The number of amidine groups is 1. The van der Waals surface area contributed by atoms with E-state index in [4.69, 9.17) is 4.99 Å². The lowest BCUT2D eigenvalue weighted by molar-refractivity contribution is -0.140. The minimum atomic E-state index is -0.590. The van der Waals surface area contributed by atoms with Crippen molar-refractivity contribution < 1.29 is 9.59 Å². The number of hydrogen-bond donors (Lipinski definition) is 0. The van der Waals surface area contributed by atoms with Gasteiger partial charge in [0.15, 0.2) is 0 Å². The van der Waals surface area contributed by atoms with Gasteiger partial charge in [-0.15, -0.1) is 0 Å². The topological polar surface area (TPSA) is 53.0 Å². The highest BCUT2D eigenvalue weighted by atomic mass is 16.2. The van der Waals surface area contributed by atoms with Gasteiger partial charge >= 0.3 is 0 Å². The number of carbonyl (C=O) groups is 2. The second-order valence-corrected chi connectivity index (χ2v) is 8.88. The predicted molar refractivity (Wildman–Crippen MR) is 114 cm³/mol. The zero-order valence-electron chi connectivity index (χ0n) is 17.8. The Hall–Kier alpha value is -2.17. The van der Waals surface area contributed by atoms with Gasteiger partial charge in [-0.1, -0.05) is 37.3 Å². The van der Waals surface area contributed by atoms with Crippen LogP contribution in [0.15, 0.2) is 35.3 Å². The van der Waals surface area contributed by atoms with Crippen molar-refractivity contribution in [3.63, 3.8) is 0 Å². The van der Waals surface area contributed by atoms with E-state index >= 15 is 0 Å². The Kier molecular flexibility index (Phi) is 5.75. The molecule has 0 radical (unpaired) electrons. The molecule has 0 N–H and O–H groups in total. The van der Waals surface area contributed by atoms with E-state index in [0.29, 0.717) is 31.8 Å². The van der Waals surface area contributed by atoms with E-state index in [1.165, 1.54) is 12.8 Å². The number of rotatable bonds is 7. The normalized spacial score (nSPS) is 26.7. The molecular formula is C24H33N3O2. The molecule has 0 unspecified atom stereocenters. The summed E-state index contributed by atoms with van der Waals surface area (Å²) in [5, 5.41) is 0. The van der Waals surface area contributed by atoms with Gasteiger partial charge in [0.05, 0.1) is 0 Å². The van der Waals surface area contributed by atoms with Crippen molar-refractivity contribution in [2.75, 3.05) is 13.1 Å². The molecule has 5 heteroatoms. The maximum absolute atomic E-state index is 13.2. The standard InChI is InChI=1S/C24H33N3O2/c1-3-21-25-24(23(29)27(21)17-19-10-11-19)14-12-20(13-15-24)22(28)26(4-2)16-18-8-6-5-7-9-18/h5-9,19-20H,3-4,10-17H2,1-2H3. The molecule has 1 spiro atoms. The van der Waals surface area contributed by atoms with Crippen LogP contribution in [-0.2, 0) is 16.1 Å². The van der Waals surface area contributed by atoms with Crippen LogP contribution in [0.5, 0.6) is 0 Å². The lowest BCUT2D eigenvalue weighted by atomic mass is 9.76. The van der Waals surface area contributed by atoms with Crippen molar-refractivity contribution in [1.29, 1.82) is 0 Å². The lowest BCUT2D eigenvalue weighted by Gasteiger charge is -2.35. The summed E-state index contributed by atoms with van der Waals surface area (Å²) in [6.45, 7) is 6.34. The summed E-state index contributed by atoms with van der Waals surface area (Å²) in [6.07, 6.45) is 6.20. The van der Waals surface area contributed by atoms with Crippen molar-refractivity contribution in [3.05, 3.63) is 35.9 Å². The molecule has 2 aliphatic carbocycles. The van der Waals surface area contributed by atoms with Crippen LogP contribution >= 0.6 is 0 Å². The van der Waals surface area contributed by atoms with Crippen LogP contribution in [0, 0.1) is 11.8 Å². The zero-order valence-corrected chi connectivity index (χ0v) is 17.8. The molecule has 0 bridgehead atoms. The summed E-state index contributed by atoms with van der Waals surface area (Å²) >= 11 is 0. The van der Waals surface area contributed by atoms with E-state index in [-0.39, 0.29) is 17.7 Å². The van der Waals surface area contributed by atoms with Gasteiger partial charge in [0, 0.05) is 32.0 Å². The third-order valence-corrected chi connectivity index (χ3v) is 6.82. The van der Waals surface area contributed by atoms with Crippen molar-refractivity contribution in [2.45, 2.75) is 70.9 Å². The molecule has 1 aromatic rings. The largest absolute Gasteiger partial charge is 0.338 e. The molecule has 3 aliphatic rings. The van der Waals surface area contributed by atoms with Crippen LogP contribution in [0.1, 0.15) is 64.4 Å². The summed E-state index contributed by atoms with van der Waals surface area (Å²) in [6, 6.07) is 10.2. The van der Waals surface area contributed by atoms with Gasteiger partial charge in [-0.25, -0.2) is 0 Å². The summed E-state index contributed by atoms with van der Waals surface area (Å²) < 4.78 is 0. The Morgan fingerprint density at radius 3 is 2.41 bits per heavy atom. The molecule has 5 nitrogen and oxygen atoms in total. The number of aliphatic imine (C=N–C) groups is 1. The van der Waals surface area contributed by atoms with E-state index < -0.39 is 5.54 Å². The Bertz CT molecular complexity index is 777. The van der Waals surface area contributed by atoms with Gasteiger partial charge in [0.25, 0.3) is 5.91 Å². The fourth-order valence-electron chi connectivity index (χ4n) is 4.82. The molecular weight excluding hydrogens is 362 g/mol. The molecule has 2 saturated carbocycles. The zero-order chi connectivity index (χ0) is 20.4. The van der Waals surface area contributed by atoms with Crippen LogP contribution in [0.3, 0.4) is 0 Å². The molecule has 156 valence electrons. The van der Waals surface area contributed by atoms with Gasteiger partial charge in [-0.05, 0) is 56.9 Å². The Labute approximate surface area is 174 Å². The molecule has 1 aliphatic heterocycles. The van der Waals surface area contributed by atoms with E-state index in [1.807, 2.05) is 34.9 Å². The first-order valence-electron chi connectivity index (χ1n) is 11.3. The van der Waals surface area contributed by atoms with Gasteiger partial charge in [0.2, 0.25) is 5.91 Å². The third-order valence-electron chi connectivity index (χ3n) is 6.82. The molecule has 0 atom stereocenters. The first-order chi connectivity index (χ1) is 14.1. The maximum atomic E-state index is 13.2. The van der Waals surface area contributed by atoms with E-state index in [2.05, 4.69) is 19.1 Å². The van der Waals surface area contributed by atoms with Crippen molar-refractivity contribution in [2.24, 2.45) is 16.8 Å². The average Bonchev–Trinajstić information content (AvgIpc) is 3.55. The van der Waals surface area contributed by atoms with Crippen LogP contribution < -0.4 is 0 Å². The highest BCUT2D eigenvalue weighted by Crippen LogP contribution is 2.42. The van der Waals surface area contributed by atoms with E-state index in [1.54, 1.807) is 0 Å². The average molecular weight is 396 g/mol. The first-order valence-corrected chi connectivity index (χ1v) is 11.3. The molecule has 1 aromatic carbocycles. The van der Waals surface area contributed by atoms with Crippen molar-refractivity contribution in [1.82, 2.24) is 9.80 Å². The second-order valence-electron chi connectivity index (χ2n) is 8.88. The third kappa shape index (κ3) is 4.10. The number of carbonyl (C=O) groups excluding carboxylic acids is 2. The lowest BCUT2D eigenvalue weighted by Crippen LogP contribution is -2.47. The number of benzene rings is 1. The highest BCUT2D eigenvalue weighted by molar-refractivity contribution is 6.08. The minimum absolute atomic E-state index is 0.00912. The Morgan fingerprint density at radius 1 is 1.14 bits per heavy atom. The smallest absolute Gasteiger partial charge is 0.255 e. The second kappa shape index (κ2) is 8.29. The number of hydrogen-bond acceptors (Lipinski definition) is 3. The van der Waals surface area contributed by atoms with Gasteiger partial charge in [0.1, 0.15) is 11.4 Å². The maximum Gasteiger partial charge on any atom is 0.255 e. The first kappa shape index (κ1) is 20.1. The monoisotopic (exact) mass is 395 g/mol. The molecule has 0 aromatic heterocycles. The van der Waals surface area contributed by atoms with E-state index in [9.17, 15) is 9.59 Å². The van der Waals surface area contributed by atoms with Gasteiger partial charge in [-0.2, -0.15) is 0 Å². The van der Waals surface area contributed by atoms with Crippen LogP contribution in [0.2, 0.25) is 0 Å². The fourth-order valence-corrected chi connectivity index (χ4v) is 4.82. The quantitative estimate of drug-likeness (QED) is 0.700. The molecule has 2 fully saturated rings. The predicted octanol–water partition coefficient (Wildman–Crippen LogP) is 4.02. The van der Waals surface area contributed by atoms with Crippen LogP contribution in [0.4, 0.5) is 0 Å². The van der Waals surface area contributed by atoms with Crippen LogP contribution in [-0.4, -0.2) is 46.1 Å². The number of nitrogens with zero attached hydrogens (tertiary/aromatic N) is 3. The molecule has 4 rings (SSSR count). The van der Waals surface area contributed by atoms with Gasteiger partial charge in [-0.3, -0.25) is 19.5 Å². The summed E-state index contributed by atoms with van der Waals surface area (Å²) in [4.78, 5) is 35.2. The number of amides is 2. The molecule has 29 heavy (non-hydrogen) atoms. The molecule has 1 heterocycles. The molecule has 0 saturated heterocycles. The van der Waals surface area contributed by atoms with Crippen molar-refractivity contribution in [3.8, 4) is 0 Å². The highest BCUT2D eigenvalue weighted by Gasteiger charge is 2.51. The Balaban J connectivity index is 1.40. The summed E-state index contributed by atoms with van der Waals surface area (Å²) in [5.74, 6) is 2.07. The fraction of sp³-hybridized carbons (Fsp3) is 0.625. The summed E-state index contributed by atoms with van der Waals surface area (Å²) in [7, 11) is 0. The Morgan fingerprint density at radius 2 is 1.83 bits per heavy atom. The summed E-state index contributed by atoms with van der Waals surface area (Å²) in [5.41, 5.74) is 0.571. The van der Waals surface area contributed by atoms with Crippen LogP contribution in [0.25, 0.3) is 0 Å². The van der Waals surface area contributed by atoms with Crippen molar-refractivity contribution >= 4 is 17.6 Å². The SMILES string of the molecule is CCC1=NC2(CCC(C(=O)N(CC)Cc3ccccc3)CC2)C(=O)N1CC1CC1. The molecule has 2 amide bonds. The van der Waals surface area contributed by atoms with Gasteiger partial charge < -0.3 is 4.90 Å².